The lowest BCUT2D eigenvalue weighted by atomic mass is 9.87. The molecule has 1 aliphatic carbocycles. The molecule has 0 saturated heterocycles. The van der Waals surface area contributed by atoms with E-state index in [0.717, 1.165) is 27.7 Å². The Labute approximate surface area is 238 Å². The highest BCUT2D eigenvalue weighted by atomic mass is 127. The summed E-state index contributed by atoms with van der Waals surface area (Å²) in [6.45, 7) is 2.30. The summed E-state index contributed by atoms with van der Waals surface area (Å²) in [5, 5.41) is 23.4. The highest BCUT2D eigenvalue weighted by Crippen LogP contribution is 2.30. The van der Waals surface area contributed by atoms with Gasteiger partial charge in [0.05, 0.1) is 23.3 Å². The van der Waals surface area contributed by atoms with Gasteiger partial charge >= 0.3 is 0 Å². The summed E-state index contributed by atoms with van der Waals surface area (Å²) in [7, 11) is 1.61. The molecule has 2 aromatic carbocycles. The van der Waals surface area contributed by atoms with Crippen LogP contribution < -0.4 is 14.8 Å². The molecule has 3 atom stereocenters. The molecular formula is C29H37IN2O6. The number of methoxy groups -OCH3 is 1. The topological polar surface area (TPSA) is 108 Å². The fourth-order valence-corrected chi connectivity index (χ4v) is 5.08. The van der Waals surface area contributed by atoms with Crippen molar-refractivity contribution in [3.63, 3.8) is 0 Å². The van der Waals surface area contributed by atoms with Gasteiger partial charge in [0.15, 0.2) is 0 Å². The van der Waals surface area contributed by atoms with Crippen molar-refractivity contribution >= 4 is 34.4 Å². The number of aliphatic hydroxyl groups is 2. The molecule has 0 radical (unpaired) electrons. The molecule has 0 spiro atoms. The lowest BCUT2D eigenvalue weighted by Crippen LogP contribution is -2.55. The average Bonchev–Trinajstić information content (AvgIpc) is 2.93. The molecule has 3 unspecified atom stereocenters. The van der Waals surface area contributed by atoms with Crippen LogP contribution in [0.15, 0.2) is 60.2 Å². The number of hydrogen-bond donors (Lipinski definition) is 3. The molecule has 3 N–H and O–H groups in total. The van der Waals surface area contributed by atoms with Gasteiger partial charge in [-0.2, -0.15) is 0 Å². The molecule has 0 aliphatic heterocycles. The van der Waals surface area contributed by atoms with E-state index in [4.69, 9.17) is 9.47 Å². The number of ether oxygens (including phenoxy) is 2. The van der Waals surface area contributed by atoms with E-state index in [9.17, 15) is 19.8 Å². The third kappa shape index (κ3) is 7.94. The fourth-order valence-electron chi connectivity index (χ4n) is 4.56. The summed E-state index contributed by atoms with van der Waals surface area (Å²) in [6, 6.07) is 14.4. The lowest BCUT2D eigenvalue weighted by Gasteiger charge is -2.40. The lowest BCUT2D eigenvalue weighted by molar-refractivity contribution is -0.138. The molecule has 0 bridgehead atoms. The third-order valence-electron chi connectivity index (χ3n) is 6.59. The van der Waals surface area contributed by atoms with Crippen LogP contribution in [0.5, 0.6) is 11.5 Å². The van der Waals surface area contributed by atoms with Gasteiger partial charge in [-0.1, -0.05) is 43.7 Å². The first kappa shape index (κ1) is 29.9. The van der Waals surface area contributed by atoms with Crippen molar-refractivity contribution in [3.8, 4) is 11.5 Å². The van der Waals surface area contributed by atoms with Crippen LogP contribution in [0, 0.1) is 3.57 Å². The maximum absolute atomic E-state index is 13.5. The summed E-state index contributed by atoms with van der Waals surface area (Å²) in [5.41, 5.74) is 1.37. The van der Waals surface area contributed by atoms with Crippen LogP contribution in [0.4, 0.5) is 0 Å². The first-order valence-corrected chi connectivity index (χ1v) is 14.1. The average molecular weight is 637 g/mol. The van der Waals surface area contributed by atoms with Crippen LogP contribution in [0.25, 0.3) is 0 Å². The molecule has 1 aliphatic rings. The maximum Gasteiger partial charge on any atom is 0.247 e. The van der Waals surface area contributed by atoms with E-state index in [1.807, 2.05) is 55.5 Å². The van der Waals surface area contributed by atoms with Crippen LogP contribution in [-0.4, -0.2) is 72.0 Å². The zero-order chi connectivity index (χ0) is 27.5. The first-order valence-electron chi connectivity index (χ1n) is 13.0. The van der Waals surface area contributed by atoms with Crippen molar-refractivity contribution in [2.75, 3.05) is 26.8 Å². The number of halogens is 1. The molecule has 9 heteroatoms. The number of nitrogens with zero attached hydrogens (tertiary/aromatic N) is 1. The molecule has 2 amide bonds. The van der Waals surface area contributed by atoms with Crippen LogP contribution in [0.3, 0.4) is 0 Å². The number of unbranched alkanes of at least 4 members (excludes halogenated alkanes) is 1. The Morgan fingerprint density at radius 3 is 2.53 bits per heavy atom. The summed E-state index contributed by atoms with van der Waals surface area (Å²) in [5.74, 6) is 0.900. The molecule has 2 aromatic rings. The Morgan fingerprint density at radius 1 is 1.13 bits per heavy atom. The molecule has 3 rings (SSSR count). The van der Waals surface area contributed by atoms with Crippen molar-refractivity contribution in [3.05, 3.63) is 69.3 Å². The highest BCUT2D eigenvalue weighted by molar-refractivity contribution is 14.1. The van der Waals surface area contributed by atoms with Gasteiger partial charge in [-0.15, -0.1) is 0 Å². The van der Waals surface area contributed by atoms with E-state index in [1.54, 1.807) is 18.1 Å². The van der Waals surface area contributed by atoms with Gasteiger partial charge in [-0.3, -0.25) is 9.59 Å². The summed E-state index contributed by atoms with van der Waals surface area (Å²) < 4.78 is 12.6. The standard InChI is InChI=1S/C29H37IN2O6/c1-3-4-13-27(34)32(16-14-20-9-5-7-11-24(20)37-2)23-18-21(29(36)31-15-17-33)19-26(28(23)35)38-25-12-8-6-10-22(25)30/h5-12,19,23,26,28,33,35H,3-4,13-18H2,1-2H3,(H,31,36). The molecule has 8 nitrogen and oxygen atoms in total. The minimum atomic E-state index is -1.05. The Balaban J connectivity index is 1.93. The van der Waals surface area contributed by atoms with E-state index < -0.39 is 18.2 Å². The highest BCUT2D eigenvalue weighted by Gasteiger charge is 2.40. The fraction of sp³-hybridized carbons (Fsp3) is 0.448. The summed E-state index contributed by atoms with van der Waals surface area (Å²) in [6.07, 6.45) is 2.39. The molecule has 0 heterocycles. The van der Waals surface area contributed by atoms with E-state index in [0.29, 0.717) is 30.7 Å². The zero-order valence-electron chi connectivity index (χ0n) is 21.9. The van der Waals surface area contributed by atoms with Crippen molar-refractivity contribution in [1.29, 1.82) is 0 Å². The summed E-state index contributed by atoms with van der Waals surface area (Å²) in [4.78, 5) is 28.1. The summed E-state index contributed by atoms with van der Waals surface area (Å²) >= 11 is 2.16. The van der Waals surface area contributed by atoms with Crippen LogP contribution in [0.1, 0.15) is 38.2 Å². The molecule has 38 heavy (non-hydrogen) atoms. The Hall–Kier alpha value is -2.63. The Morgan fingerprint density at radius 2 is 1.84 bits per heavy atom. The van der Waals surface area contributed by atoms with Crippen molar-refractivity contribution < 1.29 is 29.3 Å². The van der Waals surface area contributed by atoms with Gasteiger partial charge in [-0.25, -0.2) is 0 Å². The largest absolute Gasteiger partial charge is 0.496 e. The number of benzene rings is 2. The normalized spacial score (nSPS) is 18.9. The van der Waals surface area contributed by atoms with Crippen LogP contribution in [-0.2, 0) is 16.0 Å². The molecule has 0 saturated carbocycles. The van der Waals surface area contributed by atoms with E-state index in [1.165, 1.54) is 0 Å². The molecule has 0 fully saturated rings. The predicted octanol–water partition coefficient (Wildman–Crippen LogP) is 3.48. The van der Waals surface area contributed by atoms with Crippen molar-refractivity contribution in [2.45, 2.75) is 57.3 Å². The second-order valence-electron chi connectivity index (χ2n) is 9.20. The smallest absolute Gasteiger partial charge is 0.247 e. The van der Waals surface area contributed by atoms with Gasteiger partial charge in [0.25, 0.3) is 0 Å². The quantitative estimate of drug-likeness (QED) is 0.291. The zero-order valence-corrected chi connectivity index (χ0v) is 24.1. The Bertz CT molecular complexity index is 1110. The molecule has 206 valence electrons. The molecular weight excluding hydrogens is 599 g/mol. The van der Waals surface area contributed by atoms with E-state index in [2.05, 4.69) is 27.9 Å². The number of rotatable bonds is 13. The van der Waals surface area contributed by atoms with Gasteiger partial charge in [0.2, 0.25) is 11.8 Å². The SMILES string of the molecule is CCCCC(=O)N(CCc1ccccc1OC)C1CC(C(=O)NCCO)=CC(Oc2ccccc2I)C1O. The van der Waals surface area contributed by atoms with Crippen molar-refractivity contribution in [2.24, 2.45) is 0 Å². The second kappa shape index (κ2) is 15.1. The number of hydrogen-bond acceptors (Lipinski definition) is 6. The van der Waals surface area contributed by atoms with Crippen LogP contribution in [0.2, 0.25) is 0 Å². The van der Waals surface area contributed by atoms with Gasteiger partial charge in [-0.05, 0) is 65.3 Å². The van der Waals surface area contributed by atoms with Crippen molar-refractivity contribution in [1.82, 2.24) is 10.2 Å². The third-order valence-corrected chi connectivity index (χ3v) is 7.48. The first-order chi connectivity index (χ1) is 18.4. The second-order valence-corrected chi connectivity index (χ2v) is 10.4. The Kier molecular flexibility index (Phi) is 11.9. The minimum absolute atomic E-state index is 0.0733. The number of para-hydroxylation sites is 2. The number of carbonyl (C=O) groups is 2. The monoisotopic (exact) mass is 636 g/mol. The number of amides is 2. The molecule has 0 aromatic heterocycles. The number of carbonyl (C=O) groups excluding carboxylic acids is 2. The predicted molar refractivity (Wildman–Crippen MR) is 154 cm³/mol. The minimum Gasteiger partial charge on any atom is -0.496 e. The maximum atomic E-state index is 13.5. The number of aliphatic hydroxyl groups excluding tert-OH is 2. The number of nitrogens with one attached hydrogen (secondary N) is 1. The van der Waals surface area contributed by atoms with Gasteiger partial charge < -0.3 is 29.9 Å². The van der Waals surface area contributed by atoms with E-state index >= 15 is 0 Å². The van der Waals surface area contributed by atoms with Crippen LogP contribution >= 0.6 is 22.6 Å². The van der Waals surface area contributed by atoms with Gasteiger partial charge in [0, 0.05) is 31.5 Å². The van der Waals surface area contributed by atoms with E-state index in [-0.39, 0.29) is 31.4 Å². The van der Waals surface area contributed by atoms with Gasteiger partial charge in [0.1, 0.15) is 23.7 Å².